The van der Waals surface area contributed by atoms with Gasteiger partial charge in [-0.2, -0.15) is 0 Å². The molecule has 2 fully saturated rings. The van der Waals surface area contributed by atoms with Crippen LogP contribution in [0.2, 0.25) is 0 Å². The largest absolute Gasteiger partial charge is 0.326 e. The van der Waals surface area contributed by atoms with Gasteiger partial charge in [-0.3, -0.25) is 4.90 Å². The van der Waals surface area contributed by atoms with Crippen molar-refractivity contribution in [2.24, 2.45) is 11.7 Å². The maximum atomic E-state index is 13.0. The highest BCUT2D eigenvalue weighted by atomic mass is 19.1. The van der Waals surface area contributed by atoms with E-state index >= 15 is 0 Å². The average Bonchev–Trinajstić information content (AvgIpc) is 2.94. The predicted octanol–water partition coefficient (Wildman–Crippen LogP) is 2.70. The van der Waals surface area contributed by atoms with Gasteiger partial charge in [0.1, 0.15) is 5.82 Å². The Morgan fingerprint density at radius 2 is 2.00 bits per heavy atom. The molecule has 1 aliphatic carbocycles. The van der Waals surface area contributed by atoms with Crippen molar-refractivity contribution in [1.82, 2.24) is 4.90 Å². The SMILES string of the molecule is CC(N)C(c1ccc(F)cc1)N1CC2CCC1C2. The van der Waals surface area contributed by atoms with E-state index in [0.717, 1.165) is 18.0 Å². The number of halogens is 1. The molecule has 2 nitrogen and oxygen atoms in total. The van der Waals surface area contributed by atoms with Gasteiger partial charge in [-0.15, -0.1) is 0 Å². The van der Waals surface area contributed by atoms with Crippen molar-refractivity contribution < 1.29 is 4.39 Å². The molecule has 3 heteroatoms. The van der Waals surface area contributed by atoms with E-state index in [4.69, 9.17) is 5.73 Å². The van der Waals surface area contributed by atoms with E-state index in [1.54, 1.807) is 12.1 Å². The highest BCUT2D eigenvalue weighted by Crippen LogP contribution is 2.42. The normalized spacial score (nSPS) is 30.6. The maximum Gasteiger partial charge on any atom is 0.123 e. The van der Waals surface area contributed by atoms with E-state index in [-0.39, 0.29) is 17.9 Å². The summed E-state index contributed by atoms with van der Waals surface area (Å²) in [7, 11) is 0. The molecule has 1 saturated carbocycles. The third-order valence-corrected chi connectivity index (χ3v) is 4.52. The highest BCUT2D eigenvalue weighted by Gasteiger charge is 2.42. The van der Waals surface area contributed by atoms with Crippen LogP contribution in [0.5, 0.6) is 0 Å². The summed E-state index contributed by atoms with van der Waals surface area (Å²) in [6.07, 6.45) is 4.00. The van der Waals surface area contributed by atoms with Crippen LogP contribution in [0.1, 0.15) is 37.8 Å². The van der Waals surface area contributed by atoms with Crippen LogP contribution in [0.4, 0.5) is 4.39 Å². The number of rotatable bonds is 3. The molecule has 1 aliphatic heterocycles. The van der Waals surface area contributed by atoms with Crippen LogP contribution in [-0.2, 0) is 0 Å². The number of hydrogen-bond donors (Lipinski definition) is 1. The molecule has 2 N–H and O–H groups in total. The van der Waals surface area contributed by atoms with Crippen molar-refractivity contribution in [3.8, 4) is 0 Å². The quantitative estimate of drug-likeness (QED) is 0.891. The number of nitrogens with zero attached hydrogens (tertiary/aromatic N) is 1. The van der Waals surface area contributed by atoms with Crippen molar-refractivity contribution in [3.63, 3.8) is 0 Å². The lowest BCUT2D eigenvalue weighted by atomic mass is 9.96. The van der Waals surface area contributed by atoms with E-state index in [9.17, 15) is 4.39 Å². The number of nitrogens with two attached hydrogens (primary N) is 1. The van der Waals surface area contributed by atoms with Crippen LogP contribution >= 0.6 is 0 Å². The lowest BCUT2D eigenvalue weighted by molar-refractivity contribution is 0.133. The topological polar surface area (TPSA) is 29.3 Å². The van der Waals surface area contributed by atoms with Crippen LogP contribution in [0.3, 0.4) is 0 Å². The number of piperidine rings is 1. The molecule has 0 aromatic heterocycles. The summed E-state index contributed by atoms with van der Waals surface area (Å²) in [6, 6.07) is 7.86. The second kappa shape index (κ2) is 4.63. The van der Waals surface area contributed by atoms with Crippen LogP contribution in [0.15, 0.2) is 24.3 Å². The van der Waals surface area contributed by atoms with Gasteiger partial charge < -0.3 is 5.73 Å². The Balaban J connectivity index is 1.86. The van der Waals surface area contributed by atoms with Crippen LogP contribution in [-0.4, -0.2) is 23.5 Å². The van der Waals surface area contributed by atoms with E-state index in [2.05, 4.69) is 11.8 Å². The minimum atomic E-state index is -0.176. The summed E-state index contributed by atoms with van der Waals surface area (Å²) in [5.41, 5.74) is 7.33. The summed E-state index contributed by atoms with van der Waals surface area (Å²) < 4.78 is 13.0. The molecular formula is C15H21FN2. The predicted molar refractivity (Wildman–Crippen MR) is 70.6 cm³/mol. The van der Waals surface area contributed by atoms with Gasteiger partial charge in [-0.05, 0) is 49.8 Å². The molecule has 2 bridgehead atoms. The Hall–Kier alpha value is -0.930. The number of benzene rings is 1. The first kappa shape index (κ1) is 12.1. The second-order valence-corrected chi connectivity index (χ2v) is 5.89. The average molecular weight is 248 g/mol. The van der Waals surface area contributed by atoms with Crippen LogP contribution in [0.25, 0.3) is 0 Å². The Bertz CT molecular complexity index is 415. The molecule has 0 spiro atoms. The van der Waals surface area contributed by atoms with Crippen molar-refractivity contribution in [3.05, 3.63) is 35.6 Å². The van der Waals surface area contributed by atoms with Gasteiger partial charge in [-0.1, -0.05) is 12.1 Å². The fourth-order valence-electron chi connectivity index (χ4n) is 3.76. The second-order valence-electron chi connectivity index (χ2n) is 5.89. The Morgan fingerprint density at radius 1 is 1.28 bits per heavy atom. The minimum Gasteiger partial charge on any atom is -0.326 e. The Kier molecular flexibility index (Phi) is 3.12. The standard InChI is InChI=1S/C15H21FN2/c1-10(17)15(12-3-5-13(16)6-4-12)18-9-11-2-7-14(18)8-11/h3-6,10-11,14-15H,2,7-9,17H2,1H3. The molecule has 0 radical (unpaired) electrons. The van der Waals surface area contributed by atoms with E-state index in [1.807, 2.05) is 12.1 Å². The zero-order chi connectivity index (χ0) is 12.7. The van der Waals surface area contributed by atoms with E-state index in [0.29, 0.717) is 6.04 Å². The Morgan fingerprint density at radius 3 is 2.50 bits per heavy atom. The highest BCUT2D eigenvalue weighted by molar-refractivity contribution is 5.22. The fraction of sp³-hybridized carbons (Fsp3) is 0.600. The summed E-state index contributed by atoms with van der Waals surface area (Å²) in [5, 5.41) is 0. The molecule has 2 aliphatic rings. The van der Waals surface area contributed by atoms with Gasteiger partial charge in [-0.25, -0.2) is 4.39 Å². The molecule has 1 saturated heterocycles. The van der Waals surface area contributed by atoms with Gasteiger partial charge in [0.25, 0.3) is 0 Å². The first-order chi connectivity index (χ1) is 8.65. The fourth-order valence-corrected chi connectivity index (χ4v) is 3.76. The summed E-state index contributed by atoms with van der Waals surface area (Å²) >= 11 is 0. The van der Waals surface area contributed by atoms with Gasteiger partial charge in [0, 0.05) is 24.7 Å². The number of hydrogen-bond acceptors (Lipinski definition) is 2. The zero-order valence-corrected chi connectivity index (χ0v) is 10.8. The Labute approximate surface area is 108 Å². The molecule has 1 aromatic carbocycles. The number of fused-ring (bicyclic) bond motifs is 2. The van der Waals surface area contributed by atoms with Crippen molar-refractivity contribution in [2.45, 2.75) is 44.3 Å². The first-order valence-corrected chi connectivity index (χ1v) is 6.92. The van der Waals surface area contributed by atoms with E-state index in [1.165, 1.54) is 19.3 Å². The lowest BCUT2D eigenvalue weighted by Gasteiger charge is -2.37. The third-order valence-electron chi connectivity index (χ3n) is 4.52. The van der Waals surface area contributed by atoms with E-state index < -0.39 is 0 Å². The molecule has 4 unspecified atom stereocenters. The molecule has 4 atom stereocenters. The van der Waals surface area contributed by atoms with Crippen molar-refractivity contribution in [2.75, 3.05) is 6.54 Å². The van der Waals surface area contributed by atoms with Gasteiger partial charge in [0.2, 0.25) is 0 Å². The van der Waals surface area contributed by atoms with Crippen LogP contribution in [0, 0.1) is 11.7 Å². The van der Waals surface area contributed by atoms with Gasteiger partial charge >= 0.3 is 0 Å². The zero-order valence-electron chi connectivity index (χ0n) is 10.8. The van der Waals surface area contributed by atoms with Crippen molar-refractivity contribution >= 4 is 0 Å². The van der Waals surface area contributed by atoms with Gasteiger partial charge in [0.15, 0.2) is 0 Å². The molecule has 1 heterocycles. The third kappa shape index (κ3) is 2.06. The molecule has 1 aromatic rings. The summed E-state index contributed by atoms with van der Waals surface area (Å²) in [5.74, 6) is 0.682. The monoisotopic (exact) mass is 248 g/mol. The molecular weight excluding hydrogens is 227 g/mol. The minimum absolute atomic E-state index is 0.0785. The molecule has 98 valence electrons. The van der Waals surface area contributed by atoms with Gasteiger partial charge in [0.05, 0.1) is 0 Å². The first-order valence-electron chi connectivity index (χ1n) is 6.92. The summed E-state index contributed by atoms with van der Waals surface area (Å²) in [6.45, 7) is 3.22. The maximum absolute atomic E-state index is 13.0. The molecule has 3 rings (SSSR count). The molecule has 0 amide bonds. The summed E-state index contributed by atoms with van der Waals surface area (Å²) in [4.78, 5) is 2.55. The number of likely N-dealkylation sites (tertiary alicyclic amines) is 1. The lowest BCUT2D eigenvalue weighted by Crippen LogP contribution is -2.43. The smallest absolute Gasteiger partial charge is 0.123 e. The van der Waals surface area contributed by atoms with Crippen LogP contribution < -0.4 is 5.73 Å². The molecule has 18 heavy (non-hydrogen) atoms. The van der Waals surface area contributed by atoms with Crippen molar-refractivity contribution in [1.29, 1.82) is 0 Å².